The fourth-order valence-electron chi connectivity index (χ4n) is 2.59. The smallest absolute Gasteiger partial charge is 0.270 e. The van der Waals surface area contributed by atoms with Crippen molar-refractivity contribution in [2.45, 2.75) is 26.5 Å². The molecule has 138 valence electrons. The molecule has 0 aliphatic carbocycles. The summed E-state index contributed by atoms with van der Waals surface area (Å²) in [5, 5.41) is 2.87. The zero-order valence-corrected chi connectivity index (χ0v) is 15.0. The summed E-state index contributed by atoms with van der Waals surface area (Å²) in [6.45, 7) is 7.01. The molecule has 1 saturated heterocycles. The van der Waals surface area contributed by atoms with Gasteiger partial charge in [0.25, 0.3) is 5.91 Å². The molecule has 0 bridgehead atoms. The molecular weight excluding hydrogens is 334 g/mol. The topological polar surface area (TPSA) is 89.5 Å². The molecule has 26 heavy (non-hydrogen) atoms. The standard InChI is InChI=1S/C18H23N5O3/c1-13(2)26-18-14(4-3-5-19-18)11-20-17(24)15-10-16(22-12-21-15)23-6-8-25-9-7-23/h3-5,10,12-13H,6-9,11H2,1-2H3,(H,20,24). The largest absolute Gasteiger partial charge is 0.475 e. The number of anilines is 1. The van der Waals surface area contributed by atoms with Crippen molar-refractivity contribution in [2.24, 2.45) is 0 Å². The number of hydrogen-bond acceptors (Lipinski definition) is 7. The molecule has 0 unspecified atom stereocenters. The molecule has 2 aromatic rings. The number of hydrogen-bond donors (Lipinski definition) is 1. The van der Waals surface area contributed by atoms with Gasteiger partial charge in [-0.25, -0.2) is 15.0 Å². The zero-order chi connectivity index (χ0) is 18.4. The predicted octanol–water partition coefficient (Wildman–Crippen LogP) is 1.43. The second kappa shape index (κ2) is 8.57. The number of carbonyl (C=O) groups excluding carboxylic acids is 1. The van der Waals surface area contributed by atoms with Crippen LogP contribution in [0.15, 0.2) is 30.7 Å². The average Bonchev–Trinajstić information content (AvgIpc) is 2.67. The Morgan fingerprint density at radius 2 is 2.12 bits per heavy atom. The van der Waals surface area contributed by atoms with Gasteiger partial charge in [-0.05, 0) is 19.9 Å². The molecule has 2 aromatic heterocycles. The highest BCUT2D eigenvalue weighted by atomic mass is 16.5. The molecule has 1 aliphatic heterocycles. The van der Waals surface area contributed by atoms with Crippen molar-refractivity contribution in [1.82, 2.24) is 20.3 Å². The second-order valence-electron chi connectivity index (χ2n) is 6.18. The summed E-state index contributed by atoms with van der Waals surface area (Å²) in [7, 11) is 0. The first kappa shape index (κ1) is 18.1. The molecule has 8 nitrogen and oxygen atoms in total. The van der Waals surface area contributed by atoms with Crippen LogP contribution in [0.5, 0.6) is 5.88 Å². The van der Waals surface area contributed by atoms with E-state index >= 15 is 0 Å². The SMILES string of the molecule is CC(C)Oc1ncccc1CNC(=O)c1cc(N2CCOCC2)ncn1. The lowest BCUT2D eigenvalue weighted by molar-refractivity contribution is 0.0945. The maximum absolute atomic E-state index is 12.5. The lowest BCUT2D eigenvalue weighted by Gasteiger charge is -2.27. The Morgan fingerprint density at radius 3 is 2.88 bits per heavy atom. The van der Waals surface area contributed by atoms with Crippen LogP contribution in [0, 0.1) is 0 Å². The molecule has 0 spiro atoms. The van der Waals surface area contributed by atoms with Crippen molar-refractivity contribution in [2.75, 3.05) is 31.2 Å². The Morgan fingerprint density at radius 1 is 1.31 bits per heavy atom. The van der Waals surface area contributed by atoms with Gasteiger partial charge in [-0.2, -0.15) is 0 Å². The van der Waals surface area contributed by atoms with Crippen molar-refractivity contribution in [1.29, 1.82) is 0 Å². The second-order valence-corrected chi connectivity index (χ2v) is 6.18. The van der Waals surface area contributed by atoms with Gasteiger partial charge in [-0.15, -0.1) is 0 Å². The molecule has 1 amide bonds. The molecule has 8 heteroatoms. The maximum Gasteiger partial charge on any atom is 0.270 e. The Bertz CT molecular complexity index is 747. The normalized spacial score (nSPS) is 14.3. The third kappa shape index (κ3) is 4.66. The van der Waals surface area contributed by atoms with Gasteiger partial charge in [-0.3, -0.25) is 4.79 Å². The van der Waals surface area contributed by atoms with E-state index in [9.17, 15) is 4.79 Å². The number of aromatic nitrogens is 3. The minimum absolute atomic E-state index is 0.0114. The van der Waals surface area contributed by atoms with Crippen LogP contribution in [-0.4, -0.2) is 53.3 Å². The fourth-order valence-corrected chi connectivity index (χ4v) is 2.59. The summed E-state index contributed by atoms with van der Waals surface area (Å²) in [6, 6.07) is 5.40. The summed E-state index contributed by atoms with van der Waals surface area (Å²) < 4.78 is 11.0. The minimum Gasteiger partial charge on any atom is -0.475 e. The lowest BCUT2D eigenvalue weighted by atomic mass is 10.2. The van der Waals surface area contributed by atoms with E-state index < -0.39 is 0 Å². The number of amides is 1. The molecule has 0 atom stereocenters. The average molecular weight is 357 g/mol. The number of ether oxygens (including phenoxy) is 2. The molecule has 1 N–H and O–H groups in total. The quantitative estimate of drug-likeness (QED) is 0.836. The van der Waals surface area contributed by atoms with E-state index in [1.165, 1.54) is 6.33 Å². The van der Waals surface area contributed by atoms with Gasteiger partial charge in [0.15, 0.2) is 0 Å². The molecule has 1 aliphatic rings. The van der Waals surface area contributed by atoms with Gasteiger partial charge in [0.1, 0.15) is 17.8 Å². The monoisotopic (exact) mass is 357 g/mol. The minimum atomic E-state index is -0.263. The van der Waals surface area contributed by atoms with E-state index in [-0.39, 0.29) is 12.0 Å². The van der Waals surface area contributed by atoms with Gasteiger partial charge in [0.2, 0.25) is 5.88 Å². The number of rotatable bonds is 6. The van der Waals surface area contributed by atoms with Crippen LogP contribution >= 0.6 is 0 Å². The van der Waals surface area contributed by atoms with Crippen molar-refractivity contribution in [3.8, 4) is 5.88 Å². The number of morpholine rings is 1. The van der Waals surface area contributed by atoms with Crippen LogP contribution in [0.2, 0.25) is 0 Å². The Hall–Kier alpha value is -2.74. The van der Waals surface area contributed by atoms with Crippen LogP contribution in [0.3, 0.4) is 0 Å². The number of carbonyl (C=O) groups is 1. The highest BCUT2D eigenvalue weighted by Crippen LogP contribution is 2.16. The summed E-state index contributed by atoms with van der Waals surface area (Å²) in [5.74, 6) is 0.999. The van der Waals surface area contributed by atoms with E-state index in [2.05, 4.69) is 25.2 Å². The Kier molecular flexibility index (Phi) is 5.96. The fraction of sp³-hybridized carbons (Fsp3) is 0.444. The Labute approximate surface area is 152 Å². The summed E-state index contributed by atoms with van der Waals surface area (Å²) in [5.41, 5.74) is 1.15. The van der Waals surface area contributed by atoms with Crippen molar-refractivity contribution >= 4 is 11.7 Å². The van der Waals surface area contributed by atoms with Crippen molar-refractivity contribution in [3.05, 3.63) is 42.0 Å². The highest BCUT2D eigenvalue weighted by Gasteiger charge is 2.16. The first-order valence-corrected chi connectivity index (χ1v) is 8.67. The van der Waals surface area contributed by atoms with Crippen LogP contribution in [-0.2, 0) is 11.3 Å². The zero-order valence-electron chi connectivity index (χ0n) is 15.0. The summed E-state index contributed by atoms with van der Waals surface area (Å²) >= 11 is 0. The van der Waals surface area contributed by atoms with Crippen molar-refractivity contribution < 1.29 is 14.3 Å². The van der Waals surface area contributed by atoms with Crippen LogP contribution < -0.4 is 15.0 Å². The molecule has 1 fully saturated rings. The summed E-state index contributed by atoms with van der Waals surface area (Å²) in [4.78, 5) is 27.1. The van der Waals surface area contributed by atoms with Gasteiger partial charge in [0, 0.05) is 37.5 Å². The predicted molar refractivity (Wildman–Crippen MR) is 96.2 cm³/mol. The maximum atomic E-state index is 12.5. The van der Waals surface area contributed by atoms with Crippen molar-refractivity contribution in [3.63, 3.8) is 0 Å². The van der Waals surface area contributed by atoms with Gasteiger partial charge < -0.3 is 19.7 Å². The van der Waals surface area contributed by atoms with Gasteiger partial charge in [-0.1, -0.05) is 6.07 Å². The first-order chi connectivity index (χ1) is 12.6. The molecule has 0 radical (unpaired) electrons. The molecule has 0 aromatic carbocycles. The van der Waals surface area contributed by atoms with Gasteiger partial charge >= 0.3 is 0 Å². The van der Waals surface area contributed by atoms with E-state index in [1.807, 2.05) is 26.0 Å². The molecule has 0 saturated carbocycles. The van der Waals surface area contributed by atoms with Crippen LogP contribution in [0.4, 0.5) is 5.82 Å². The highest BCUT2D eigenvalue weighted by molar-refractivity contribution is 5.92. The molecule has 3 heterocycles. The molecular formula is C18H23N5O3. The van der Waals surface area contributed by atoms with E-state index in [0.717, 1.165) is 24.5 Å². The van der Waals surface area contributed by atoms with Gasteiger partial charge in [0.05, 0.1) is 19.3 Å². The van der Waals surface area contributed by atoms with E-state index in [1.54, 1.807) is 12.3 Å². The number of nitrogens with one attached hydrogen (secondary N) is 1. The third-order valence-corrected chi connectivity index (χ3v) is 3.86. The first-order valence-electron chi connectivity index (χ1n) is 8.67. The van der Waals surface area contributed by atoms with Crippen LogP contribution in [0.1, 0.15) is 29.9 Å². The van der Waals surface area contributed by atoms with E-state index in [0.29, 0.717) is 31.3 Å². The van der Waals surface area contributed by atoms with Crippen LogP contribution in [0.25, 0.3) is 0 Å². The lowest BCUT2D eigenvalue weighted by Crippen LogP contribution is -2.37. The number of nitrogens with zero attached hydrogens (tertiary/aromatic N) is 4. The summed E-state index contributed by atoms with van der Waals surface area (Å²) in [6.07, 6.45) is 3.09. The Balaban J connectivity index is 1.65. The molecule has 3 rings (SSSR count). The number of pyridine rings is 1. The third-order valence-electron chi connectivity index (χ3n) is 3.86. The van der Waals surface area contributed by atoms with E-state index in [4.69, 9.17) is 9.47 Å².